The Morgan fingerprint density at radius 3 is 2.85 bits per heavy atom. The van der Waals surface area contributed by atoms with Gasteiger partial charge in [-0.2, -0.15) is 0 Å². The average Bonchev–Trinajstić information content (AvgIpc) is 2.47. The van der Waals surface area contributed by atoms with Gasteiger partial charge in [-0.05, 0) is 38.3 Å². The molecule has 1 aromatic carbocycles. The first-order valence-electron chi connectivity index (χ1n) is 7.31. The second kappa shape index (κ2) is 6.95. The number of methoxy groups -OCH3 is 1. The number of aliphatic hydroxyl groups is 1. The molecule has 2 rings (SSSR count). The molecule has 0 aliphatic carbocycles. The van der Waals surface area contributed by atoms with Crippen molar-refractivity contribution in [1.29, 1.82) is 0 Å². The number of likely N-dealkylation sites (N-methyl/N-ethyl adjacent to an activating group) is 1. The number of rotatable bonds is 5. The minimum atomic E-state index is -0.559. The standard InChI is InChI=1S/C16H25NO3/c1-12(18)16-14(8-6-9-15(16)19-3)17(2)11-13-7-4-5-10-20-13/h6,8-9,12-13,18H,4-5,7,10-11H2,1-3H3/t12-,13?/m0/s1. The number of benzene rings is 1. The molecule has 4 nitrogen and oxygen atoms in total. The van der Waals surface area contributed by atoms with E-state index in [1.165, 1.54) is 6.42 Å². The third-order valence-electron chi connectivity index (χ3n) is 3.84. The summed E-state index contributed by atoms with van der Waals surface area (Å²) in [7, 11) is 3.67. The Hall–Kier alpha value is -1.26. The Balaban J connectivity index is 2.17. The minimum Gasteiger partial charge on any atom is -0.496 e. The quantitative estimate of drug-likeness (QED) is 0.900. The van der Waals surface area contributed by atoms with Crippen LogP contribution in [-0.2, 0) is 4.74 Å². The van der Waals surface area contributed by atoms with E-state index >= 15 is 0 Å². The van der Waals surface area contributed by atoms with Gasteiger partial charge in [-0.1, -0.05) is 6.07 Å². The topological polar surface area (TPSA) is 41.9 Å². The molecule has 20 heavy (non-hydrogen) atoms. The van der Waals surface area contributed by atoms with E-state index in [1.807, 2.05) is 25.2 Å². The van der Waals surface area contributed by atoms with Gasteiger partial charge in [-0.3, -0.25) is 0 Å². The molecule has 1 aliphatic rings. The van der Waals surface area contributed by atoms with Crippen LogP contribution < -0.4 is 9.64 Å². The average molecular weight is 279 g/mol. The third-order valence-corrected chi connectivity index (χ3v) is 3.84. The first-order valence-corrected chi connectivity index (χ1v) is 7.31. The van der Waals surface area contributed by atoms with Crippen LogP contribution in [-0.4, -0.2) is 38.5 Å². The van der Waals surface area contributed by atoms with Crippen LogP contribution in [0, 0.1) is 0 Å². The fourth-order valence-electron chi connectivity index (χ4n) is 2.82. The zero-order valence-corrected chi connectivity index (χ0v) is 12.6. The van der Waals surface area contributed by atoms with Gasteiger partial charge in [0, 0.05) is 31.5 Å². The van der Waals surface area contributed by atoms with Crippen LogP contribution in [0.15, 0.2) is 18.2 Å². The zero-order chi connectivity index (χ0) is 14.5. The highest BCUT2D eigenvalue weighted by atomic mass is 16.5. The molecule has 0 spiro atoms. The van der Waals surface area contributed by atoms with Crippen LogP contribution in [0.3, 0.4) is 0 Å². The van der Waals surface area contributed by atoms with Gasteiger partial charge in [0.2, 0.25) is 0 Å². The summed E-state index contributed by atoms with van der Waals surface area (Å²) >= 11 is 0. The molecule has 0 amide bonds. The Bertz CT molecular complexity index is 428. The fraction of sp³-hybridized carbons (Fsp3) is 0.625. The summed E-state index contributed by atoms with van der Waals surface area (Å²) in [6.07, 6.45) is 3.23. The van der Waals surface area contributed by atoms with Gasteiger partial charge in [-0.15, -0.1) is 0 Å². The lowest BCUT2D eigenvalue weighted by Crippen LogP contribution is -2.34. The van der Waals surface area contributed by atoms with E-state index in [1.54, 1.807) is 14.0 Å². The van der Waals surface area contributed by atoms with E-state index < -0.39 is 6.10 Å². The molecule has 1 heterocycles. The van der Waals surface area contributed by atoms with Gasteiger partial charge < -0.3 is 19.5 Å². The molecule has 1 aromatic rings. The maximum absolute atomic E-state index is 10.0. The van der Waals surface area contributed by atoms with Gasteiger partial charge in [-0.25, -0.2) is 0 Å². The number of anilines is 1. The molecule has 1 N–H and O–H groups in total. The summed E-state index contributed by atoms with van der Waals surface area (Å²) in [6.45, 7) is 3.47. The van der Waals surface area contributed by atoms with Gasteiger partial charge in [0.25, 0.3) is 0 Å². The first-order chi connectivity index (χ1) is 9.63. The van der Waals surface area contributed by atoms with E-state index in [9.17, 15) is 5.11 Å². The van der Waals surface area contributed by atoms with Crippen molar-refractivity contribution < 1.29 is 14.6 Å². The van der Waals surface area contributed by atoms with E-state index in [-0.39, 0.29) is 6.10 Å². The summed E-state index contributed by atoms with van der Waals surface area (Å²) in [5.74, 6) is 0.730. The largest absolute Gasteiger partial charge is 0.496 e. The lowest BCUT2D eigenvalue weighted by molar-refractivity contribution is 0.0215. The summed E-state index contributed by atoms with van der Waals surface area (Å²) < 4.78 is 11.2. The van der Waals surface area contributed by atoms with Crippen molar-refractivity contribution in [2.24, 2.45) is 0 Å². The Labute approximate surface area is 121 Å². The molecule has 0 bridgehead atoms. The van der Waals surface area contributed by atoms with E-state index in [2.05, 4.69) is 4.90 Å². The predicted octanol–water partition coefficient (Wildman–Crippen LogP) is 2.75. The molecule has 112 valence electrons. The highest BCUT2D eigenvalue weighted by molar-refractivity contribution is 5.60. The van der Waals surface area contributed by atoms with Crippen molar-refractivity contribution in [3.05, 3.63) is 23.8 Å². The van der Waals surface area contributed by atoms with Gasteiger partial charge in [0.05, 0.1) is 19.3 Å². The van der Waals surface area contributed by atoms with Crippen LogP contribution in [0.4, 0.5) is 5.69 Å². The summed E-state index contributed by atoms with van der Waals surface area (Å²) in [5.41, 5.74) is 1.85. The first kappa shape index (κ1) is 15.1. The molecular weight excluding hydrogens is 254 g/mol. The zero-order valence-electron chi connectivity index (χ0n) is 12.6. The maximum atomic E-state index is 10.0. The maximum Gasteiger partial charge on any atom is 0.126 e. The highest BCUT2D eigenvalue weighted by Crippen LogP contribution is 2.34. The lowest BCUT2D eigenvalue weighted by atomic mass is 10.0. The van der Waals surface area contributed by atoms with Gasteiger partial charge in [0.15, 0.2) is 0 Å². The molecule has 0 saturated carbocycles. The molecule has 0 radical (unpaired) electrons. The molecule has 1 fully saturated rings. The van der Waals surface area contributed by atoms with Crippen molar-refractivity contribution in [1.82, 2.24) is 0 Å². The Morgan fingerprint density at radius 1 is 1.45 bits per heavy atom. The third kappa shape index (κ3) is 3.44. The van der Waals surface area contributed by atoms with E-state index in [0.29, 0.717) is 0 Å². The molecule has 4 heteroatoms. The number of aliphatic hydroxyl groups excluding tert-OH is 1. The van der Waals surface area contributed by atoms with Crippen LogP contribution in [0.2, 0.25) is 0 Å². The Kier molecular flexibility index (Phi) is 5.26. The summed E-state index contributed by atoms with van der Waals surface area (Å²) in [4.78, 5) is 2.15. The van der Waals surface area contributed by atoms with Crippen molar-refractivity contribution >= 4 is 5.69 Å². The molecular formula is C16H25NO3. The smallest absolute Gasteiger partial charge is 0.126 e. The monoisotopic (exact) mass is 279 g/mol. The van der Waals surface area contributed by atoms with E-state index in [0.717, 1.165) is 43.0 Å². The van der Waals surface area contributed by atoms with Gasteiger partial charge in [0.1, 0.15) is 5.75 Å². The predicted molar refractivity (Wildman–Crippen MR) is 80.5 cm³/mol. The number of nitrogens with zero attached hydrogens (tertiary/aromatic N) is 1. The molecule has 2 atom stereocenters. The second-order valence-corrected chi connectivity index (χ2v) is 5.44. The summed E-state index contributed by atoms with van der Waals surface area (Å²) in [6, 6.07) is 5.86. The summed E-state index contributed by atoms with van der Waals surface area (Å²) in [5, 5.41) is 10.0. The van der Waals surface area contributed by atoms with Crippen LogP contribution in [0.25, 0.3) is 0 Å². The number of hydrogen-bond donors (Lipinski definition) is 1. The van der Waals surface area contributed by atoms with Crippen molar-refractivity contribution in [2.75, 3.05) is 32.2 Å². The molecule has 1 aliphatic heterocycles. The Morgan fingerprint density at radius 2 is 2.25 bits per heavy atom. The minimum absolute atomic E-state index is 0.279. The fourth-order valence-corrected chi connectivity index (χ4v) is 2.82. The van der Waals surface area contributed by atoms with E-state index in [4.69, 9.17) is 9.47 Å². The van der Waals surface area contributed by atoms with Crippen LogP contribution >= 0.6 is 0 Å². The highest BCUT2D eigenvalue weighted by Gasteiger charge is 2.20. The SMILES string of the molecule is COc1cccc(N(C)CC2CCCCO2)c1[C@H](C)O. The number of hydrogen-bond acceptors (Lipinski definition) is 4. The molecule has 1 saturated heterocycles. The van der Waals surface area contributed by atoms with Crippen LogP contribution in [0.5, 0.6) is 5.75 Å². The van der Waals surface area contributed by atoms with Crippen molar-refractivity contribution in [2.45, 2.75) is 38.4 Å². The van der Waals surface area contributed by atoms with Crippen LogP contribution in [0.1, 0.15) is 37.9 Å². The molecule has 1 unspecified atom stereocenters. The lowest BCUT2D eigenvalue weighted by Gasteiger charge is -2.30. The normalized spacial score (nSPS) is 20.5. The van der Waals surface area contributed by atoms with Gasteiger partial charge >= 0.3 is 0 Å². The molecule has 0 aromatic heterocycles. The second-order valence-electron chi connectivity index (χ2n) is 5.44. The van der Waals surface area contributed by atoms with Crippen molar-refractivity contribution in [3.63, 3.8) is 0 Å². The van der Waals surface area contributed by atoms with Crippen molar-refractivity contribution in [3.8, 4) is 5.75 Å². The number of ether oxygens (including phenoxy) is 2.